The first-order valence-electron chi connectivity index (χ1n) is 4.75. The summed E-state index contributed by atoms with van der Waals surface area (Å²) in [7, 11) is 0. The smallest absolute Gasteiger partial charge is 0.305 e. The van der Waals surface area contributed by atoms with Crippen LogP contribution < -0.4 is 11.1 Å². The van der Waals surface area contributed by atoms with Crippen molar-refractivity contribution in [3.05, 3.63) is 0 Å². The summed E-state index contributed by atoms with van der Waals surface area (Å²) in [5.74, 6) is -1.45. The number of hydrogen-bond donors (Lipinski definition) is 3. The van der Waals surface area contributed by atoms with Crippen LogP contribution in [0, 0.1) is 0 Å². The van der Waals surface area contributed by atoms with Gasteiger partial charge in [-0.1, -0.05) is 13.3 Å². The van der Waals surface area contributed by atoms with Crippen molar-refractivity contribution >= 4 is 11.9 Å². The van der Waals surface area contributed by atoms with Gasteiger partial charge in [0.05, 0.1) is 12.5 Å². The van der Waals surface area contributed by atoms with Crippen LogP contribution in [0.25, 0.3) is 0 Å². The lowest BCUT2D eigenvalue weighted by molar-refractivity contribution is -0.139. The fourth-order valence-electron chi connectivity index (χ4n) is 1.14. The molecule has 0 spiro atoms. The molecular weight excluding hydrogens is 184 g/mol. The molecule has 0 saturated carbocycles. The van der Waals surface area contributed by atoms with E-state index in [1.165, 1.54) is 0 Å². The number of carboxylic acid groups (broad SMARTS) is 1. The lowest BCUT2D eigenvalue weighted by Crippen LogP contribution is -2.45. The molecule has 1 amide bonds. The van der Waals surface area contributed by atoms with Gasteiger partial charge in [0.1, 0.15) is 0 Å². The molecule has 0 bridgehead atoms. The van der Waals surface area contributed by atoms with E-state index in [1.807, 2.05) is 13.8 Å². The van der Waals surface area contributed by atoms with Gasteiger partial charge in [-0.05, 0) is 13.3 Å². The van der Waals surface area contributed by atoms with E-state index in [0.29, 0.717) is 0 Å². The zero-order valence-electron chi connectivity index (χ0n) is 8.62. The van der Waals surface area contributed by atoms with Crippen LogP contribution in [0.4, 0.5) is 0 Å². The Morgan fingerprint density at radius 2 is 2.07 bits per heavy atom. The van der Waals surface area contributed by atoms with E-state index in [0.717, 1.165) is 12.8 Å². The molecule has 0 aromatic carbocycles. The second kappa shape index (κ2) is 6.37. The number of amides is 1. The molecule has 5 nitrogen and oxygen atoms in total. The molecule has 0 radical (unpaired) electrons. The highest BCUT2D eigenvalue weighted by Gasteiger charge is 2.17. The Kier molecular flexibility index (Phi) is 5.87. The monoisotopic (exact) mass is 202 g/mol. The SMILES string of the molecule is CCC[C@@H](C)NC(=O)[C@@H](N)CC(=O)O. The van der Waals surface area contributed by atoms with Gasteiger partial charge in [-0.2, -0.15) is 0 Å². The zero-order chi connectivity index (χ0) is 11.1. The average Bonchev–Trinajstić information content (AvgIpc) is 2.02. The summed E-state index contributed by atoms with van der Waals surface area (Å²) in [4.78, 5) is 21.5. The van der Waals surface area contributed by atoms with E-state index in [-0.39, 0.29) is 12.5 Å². The third kappa shape index (κ3) is 5.53. The molecule has 5 heteroatoms. The van der Waals surface area contributed by atoms with Crippen molar-refractivity contribution in [2.75, 3.05) is 0 Å². The summed E-state index contributed by atoms with van der Waals surface area (Å²) in [6.07, 6.45) is 1.51. The summed E-state index contributed by atoms with van der Waals surface area (Å²) in [6, 6.07) is -0.904. The third-order valence-electron chi connectivity index (χ3n) is 1.84. The second-order valence-corrected chi connectivity index (χ2v) is 3.40. The molecule has 0 aliphatic rings. The number of carboxylic acids is 1. The number of aliphatic carboxylic acids is 1. The highest BCUT2D eigenvalue weighted by Crippen LogP contribution is 1.96. The van der Waals surface area contributed by atoms with E-state index in [2.05, 4.69) is 5.32 Å². The van der Waals surface area contributed by atoms with Gasteiger partial charge in [-0.3, -0.25) is 9.59 Å². The van der Waals surface area contributed by atoms with Gasteiger partial charge in [-0.15, -0.1) is 0 Å². The predicted octanol–water partition coefficient (Wildman–Crippen LogP) is 0.0932. The second-order valence-electron chi connectivity index (χ2n) is 3.40. The van der Waals surface area contributed by atoms with E-state index >= 15 is 0 Å². The number of hydrogen-bond acceptors (Lipinski definition) is 3. The Labute approximate surface area is 83.7 Å². The van der Waals surface area contributed by atoms with Gasteiger partial charge in [0.2, 0.25) is 5.91 Å². The maximum atomic E-state index is 11.3. The Bertz CT molecular complexity index is 206. The van der Waals surface area contributed by atoms with Crippen LogP contribution in [-0.2, 0) is 9.59 Å². The summed E-state index contributed by atoms with van der Waals surface area (Å²) < 4.78 is 0. The molecule has 82 valence electrons. The minimum absolute atomic E-state index is 0.0485. The van der Waals surface area contributed by atoms with Gasteiger partial charge < -0.3 is 16.2 Å². The normalized spacial score (nSPS) is 14.5. The molecule has 2 atom stereocenters. The van der Waals surface area contributed by atoms with Gasteiger partial charge in [0, 0.05) is 6.04 Å². The number of nitrogens with two attached hydrogens (primary N) is 1. The summed E-state index contributed by atoms with van der Waals surface area (Å²) >= 11 is 0. The van der Waals surface area contributed by atoms with Gasteiger partial charge in [0.25, 0.3) is 0 Å². The minimum Gasteiger partial charge on any atom is -0.481 e. The minimum atomic E-state index is -1.06. The molecular formula is C9H18N2O3. The fraction of sp³-hybridized carbons (Fsp3) is 0.778. The molecule has 0 aromatic heterocycles. The van der Waals surface area contributed by atoms with E-state index in [4.69, 9.17) is 10.8 Å². The standard InChI is InChI=1S/C9H18N2O3/c1-3-4-6(2)11-9(14)7(10)5-8(12)13/h6-7H,3-5,10H2,1-2H3,(H,11,14)(H,12,13)/t6-,7+/m1/s1. The zero-order valence-corrected chi connectivity index (χ0v) is 8.62. The van der Waals surface area contributed by atoms with Crippen LogP contribution in [0.15, 0.2) is 0 Å². The van der Waals surface area contributed by atoms with E-state index in [9.17, 15) is 9.59 Å². The molecule has 0 heterocycles. The molecule has 0 saturated heterocycles. The summed E-state index contributed by atoms with van der Waals surface area (Å²) in [5.41, 5.74) is 5.37. The quantitative estimate of drug-likeness (QED) is 0.569. The van der Waals surface area contributed by atoms with E-state index in [1.54, 1.807) is 0 Å². The van der Waals surface area contributed by atoms with Crippen molar-refractivity contribution in [2.45, 2.75) is 45.2 Å². The van der Waals surface area contributed by atoms with Crippen LogP contribution in [0.3, 0.4) is 0 Å². The topological polar surface area (TPSA) is 92.4 Å². The number of carbonyl (C=O) groups excluding carboxylic acids is 1. The third-order valence-corrected chi connectivity index (χ3v) is 1.84. The number of nitrogens with one attached hydrogen (secondary N) is 1. The maximum absolute atomic E-state index is 11.3. The molecule has 0 rings (SSSR count). The molecule has 0 aliphatic carbocycles. The number of carbonyl (C=O) groups is 2. The maximum Gasteiger partial charge on any atom is 0.305 e. The van der Waals surface area contributed by atoms with Crippen molar-refractivity contribution < 1.29 is 14.7 Å². The van der Waals surface area contributed by atoms with E-state index < -0.39 is 17.9 Å². The largest absolute Gasteiger partial charge is 0.481 e. The van der Waals surface area contributed by atoms with Crippen molar-refractivity contribution in [2.24, 2.45) is 5.73 Å². The Morgan fingerprint density at radius 1 is 1.50 bits per heavy atom. The summed E-state index contributed by atoms with van der Waals surface area (Å²) in [5, 5.41) is 11.1. The molecule has 0 aromatic rings. The van der Waals surface area contributed by atoms with Crippen LogP contribution in [0.5, 0.6) is 0 Å². The molecule has 4 N–H and O–H groups in total. The van der Waals surface area contributed by atoms with Crippen molar-refractivity contribution in [3.63, 3.8) is 0 Å². The van der Waals surface area contributed by atoms with Gasteiger partial charge in [0.15, 0.2) is 0 Å². The van der Waals surface area contributed by atoms with Crippen molar-refractivity contribution in [1.82, 2.24) is 5.32 Å². The first-order chi connectivity index (χ1) is 6.47. The van der Waals surface area contributed by atoms with Crippen LogP contribution >= 0.6 is 0 Å². The van der Waals surface area contributed by atoms with Crippen LogP contribution in [0.1, 0.15) is 33.1 Å². The van der Waals surface area contributed by atoms with Crippen LogP contribution in [0.2, 0.25) is 0 Å². The molecule has 0 unspecified atom stereocenters. The highest BCUT2D eigenvalue weighted by atomic mass is 16.4. The van der Waals surface area contributed by atoms with Gasteiger partial charge in [-0.25, -0.2) is 0 Å². The molecule has 14 heavy (non-hydrogen) atoms. The highest BCUT2D eigenvalue weighted by molar-refractivity contribution is 5.86. The number of rotatable bonds is 6. The summed E-state index contributed by atoms with van der Waals surface area (Å²) in [6.45, 7) is 3.88. The first kappa shape index (κ1) is 12.9. The van der Waals surface area contributed by atoms with Gasteiger partial charge >= 0.3 is 5.97 Å². The first-order valence-corrected chi connectivity index (χ1v) is 4.75. The molecule has 0 fully saturated rings. The Morgan fingerprint density at radius 3 is 2.50 bits per heavy atom. The van der Waals surface area contributed by atoms with Crippen LogP contribution in [-0.4, -0.2) is 29.1 Å². The fourth-order valence-corrected chi connectivity index (χ4v) is 1.14. The van der Waals surface area contributed by atoms with Crippen molar-refractivity contribution in [1.29, 1.82) is 0 Å². The average molecular weight is 202 g/mol. The molecule has 0 aliphatic heterocycles. The Balaban J connectivity index is 3.88. The lowest BCUT2D eigenvalue weighted by atomic mass is 10.1. The predicted molar refractivity (Wildman–Crippen MR) is 52.7 cm³/mol. The lowest BCUT2D eigenvalue weighted by Gasteiger charge is -2.15. The van der Waals surface area contributed by atoms with Crippen molar-refractivity contribution in [3.8, 4) is 0 Å². The Hall–Kier alpha value is -1.10.